The SMILES string of the molecule is Cc1ccc(C(=O)Nc2cccc(C(F)(F)F)c2)cc1Nc1nc(-c2cccnc2)nc2ccccc12. The Labute approximate surface area is 210 Å². The summed E-state index contributed by atoms with van der Waals surface area (Å²) in [5.41, 5.74) is 2.45. The van der Waals surface area contributed by atoms with Crippen LogP contribution in [0.15, 0.2) is 91.3 Å². The lowest BCUT2D eigenvalue weighted by molar-refractivity contribution is -0.137. The van der Waals surface area contributed by atoms with Crippen LogP contribution in [0.2, 0.25) is 0 Å². The molecule has 1 amide bonds. The Hall–Kier alpha value is -4.79. The van der Waals surface area contributed by atoms with Gasteiger partial charge in [-0.3, -0.25) is 9.78 Å². The minimum absolute atomic E-state index is 0.0535. The van der Waals surface area contributed by atoms with Crippen molar-refractivity contribution >= 4 is 34.0 Å². The zero-order valence-corrected chi connectivity index (χ0v) is 19.5. The fourth-order valence-electron chi connectivity index (χ4n) is 3.80. The molecular formula is C28H20F3N5O. The van der Waals surface area contributed by atoms with Gasteiger partial charge in [0.25, 0.3) is 5.91 Å². The molecule has 6 nitrogen and oxygen atoms in total. The minimum Gasteiger partial charge on any atom is -0.339 e. The van der Waals surface area contributed by atoms with Crippen molar-refractivity contribution in [2.45, 2.75) is 13.1 Å². The average Bonchev–Trinajstić information content (AvgIpc) is 2.90. The Kier molecular flexibility index (Phi) is 6.27. The van der Waals surface area contributed by atoms with E-state index in [1.165, 1.54) is 12.1 Å². The van der Waals surface area contributed by atoms with Crippen LogP contribution in [-0.4, -0.2) is 20.9 Å². The smallest absolute Gasteiger partial charge is 0.339 e. The third-order valence-electron chi connectivity index (χ3n) is 5.72. The van der Waals surface area contributed by atoms with E-state index in [-0.39, 0.29) is 11.3 Å². The van der Waals surface area contributed by atoms with Crippen molar-refractivity contribution in [2.75, 3.05) is 10.6 Å². The standard InChI is InChI=1S/C28H20F3N5O/c1-17-11-12-18(27(37)33-21-8-4-7-20(15-21)28(29,30)31)14-24(17)35-26-22-9-2-3-10-23(22)34-25(36-26)19-6-5-13-32-16-19/h2-16H,1H3,(H,33,37)(H,34,35,36). The number of para-hydroxylation sites is 1. The van der Waals surface area contributed by atoms with Crippen molar-refractivity contribution in [3.8, 4) is 11.4 Å². The van der Waals surface area contributed by atoms with Gasteiger partial charge in [0.15, 0.2) is 5.82 Å². The molecule has 0 saturated carbocycles. The number of hydrogen-bond donors (Lipinski definition) is 2. The van der Waals surface area contributed by atoms with Crippen LogP contribution in [0.25, 0.3) is 22.3 Å². The van der Waals surface area contributed by atoms with Gasteiger partial charge in [-0.25, -0.2) is 9.97 Å². The summed E-state index contributed by atoms with van der Waals surface area (Å²) in [6.07, 6.45) is -1.16. The van der Waals surface area contributed by atoms with Gasteiger partial charge in [0.05, 0.1) is 11.1 Å². The predicted octanol–water partition coefficient (Wildman–Crippen LogP) is 7.01. The summed E-state index contributed by atoms with van der Waals surface area (Å²) >= 11 is 0. The van der Waals surface area contributed by atoms with Crippen molar-refractivity contribution < 1.29 is 18.0 Å². The zero-order chi connectivity index (χ0) is 26.0. The first-order valence-electron chi connectivity index (χ1n) is 11.3. The molecule has 0 radical (unpaired) electrons. The van der Waals surface area contributed by atoms with Crippen LogP contribution >= 0.6 is 0 Å². The van der Waals surface area contributed by atoms with E-state index in [9.17, 15) is 18.0 Å². The Balaban J connectivity index is 1.47. The molecule has 0 bridgehead atoms. The van der Waals surface area contributed by atoms with Gasteiger partial charge in [-0.05, 0) is 67.1 Å². The van der Waals surface area contributed by atoms with E-state index in [0.29, 0.717) is 17.3 Å². The number of amides is 1. The summed E-state index contributed by atoms with van der Waals surface area (Å²) < 4.78 is 39.1. The number of anilines is 3. The highest BCUT2D eigenvalue weighted by Gasteiger charge is 2.30. The Morgan fingerprint density at radius 1 is 0.892 bits per heavy atom. The lowest BCUT2D eigenvalue weighted by Crippen LogP contribution is -2.13. The Morgan fingerprint density at radius 2 is 1.73 bits per heavy atom. The molecule has 2 N–H and O–H groups in total. The van der Waals surface area contributed by atoms with E-state index >= 15 is 0 Å². The van der Waals surface area contributed by atoms with Crippen molar-refractivity contribution in [1.29, 1.82) is 0 Å². The van der Waals surface area contributed by atoms with Gasteiger partial charge < -0.3 is 10.6 Å². The molecule has 5 rings (SSSR count). The normalized spacial score (nSPS) is 11.4. The maximum atomic E-state index is 13.0. The predicted molar refractivity (Wildman–Crippen MR) is 137 cm³/mol. The fourth-order valence-corrected chi connectivity index (χ4v) is 3.80. The summed E-state index contributed by atoms with van der Waals surface area (Å²) in [5.74, 6) is 0.499. The molecule has 2 heterocycles. The van der Waals surface area contributed by atoms with E-state index < -0.39 is 17.6 Å². The molecule has 0 atom stereocenters. The van der Waals surface area contributed by atoms with Gasteiger partial charge in [-0.1, -0.05) is 24.3 Å². The minimum atomic E-state index is -4.50. The fraction of sp³-hybridized carbons (Fsp3) is 0.0714. The number of nitrogens with zero attached hydrogens (tertiary/aromatic N) is 3. The van der Waals surface area contributed by atoms with Gasteiger partial charge >= 0.3 is 6.18 Å². The first kappa shape index (κ1) is 23.9. The first-order valence-corrected chi connectivity index (χ1v) is 11.3. The van der Waals surface area contributed by atoms with E-state index in [2.05, 4.69) is 20.6 Å². The Bertz CT molecular complexity index is 1600. The van der Waals surface area contributed by atoms with Crippen LogP contribution < -0.4 is 10.6 Å². The maximum Gasteiger partial charge on any atom is 0.416 e. The second-order valence-corrected chi connectivity index (χ2v) is 8.34. The largest absolute Gasteiger partial charge is 0.416 e. The number of nitrogens with one attached hydrogen (secondary N) is 2. The van der Waals surface area contributed by atoms with Gasteiger partial charge in [0.1, 0.15) is 5.82 Å². The summed E-state index contributed by atoms with van der Waals surface area (Å²) in [7, 11) is 0. The van der Waals surface area contributed by atoms with Crippen LogP contribution in [0.1, 0.15) is 21.5 Å². The van der Waals surface area contributed by atoms with E-state index in [1.54, 1.807) is 36.7 Å². The van der Waals surface area contributed by atoms with E-state index in [1.807, 2.05) is 37.3 Å². The summed E-state index contributed by atoms with van der Waals surface area (Å²) in [6.45, 7) is 1.88. The van der Waals surface area contributed by atoms with Crippen LogP contribution in [-0.2, 0) is 6.18 Å². The first-order chi connectivity index (χ1) is 17.8. The van der Waals surface area contributed by atoms with Gasteiger partial charge in [-0.2, -0.15) is 13.2 Å². The average molecular weight is 499 g/mol. The Morgan fingerprint density at radius 3 is 2.51 bits per heavy atom. The molecule has 9 heteroatoms. The van der Waals surface area contributed by atoms with Crippen LogP contribution in [0.5, 0.6) is 0 Å². The molecule has 5 aromatic rings. The second kappa shape index (κ2) is 9.69. The summed E-state index contributed by atoms with van der Waals surface area (Å²) in [5, 5.41) is 6.64. The molecule has 0 aliphatic heterocycles. The third-order valence-corrected chi connectivity index (χ3v) is 5.72. The zero-order valence-electron chi connectivity index (χ0n) is 19.5. The van der Waals surface area contributed by atoms with E-state index in [4.69, 9.17) is 4.98 Å². The molecule has 37 heavy (non-hydrogen) atoms. The highest BCUT2D eigenvalue weighted by Crippen LogP contribution is 2.31. The molecule has 0 aliphatic carbocycles. The quantitative estimate of drug-likeness (QED) is 0.272. The molecule has 184 valence electrons. The molecule has 0 fully saturated rings. The topological polar surface area (TPSA) is 79.8 Å². The van der Waals surface area contributed by atoms with Gasteiger partial charge in [-0.15, -0.1) is 0 Å². The number of carbonyl (C=O) groups is 1. The molecule has 3 aromatic carbocycles. The number of aryl methyl sites for hydroxylation is 1. The number of carbonyl (C=O) groups excluding carboxylic acids is 1. The van der Waals surface area contributed by atoms with Crippen molar-refractivity contribution in [1.82, 2.24) is 15.0 Å². The number of fused-ring (bicyclic) bond motifs is 1. The van der Waals surface area contributed by atoms with Crippen molar-refractivity contribution in [3.05, 3.63) is 108 Å². The van der Waals surface area contributed by atoms with Gasteiger partial charge in [0.2, 0.25) is 0 Å². The number of alkyl halides is 3. The number of halogens is 3. The van der Waals surface area contributed by atoms with Crippen molar-refractivity contribution in [2.24, 2.45) is 0 Å². The van der Waals surface area contributed by atoms with Crippen molar-refractivity contribution in [3.63, 3.8) is 0 Å². The number of pyridine rings is 1. The number of aromatic nitrogens is 3. The highest BCUT2D eigenvalue weighted by atomic mass is 19.4. The number of hydrogen-bond acceptors (Lipinski definition) is 5. The van der Waals surface area contributed by atoms with Gasteiger partial charge in [0, 0.05) is 40.3 Å². The highest BCUT2D eigenvalue weighted by molar-refractivity contribution is 6.05. The molecule has 0 saturated heterocycles. The molecule has 0 unspecified atom stereocenters. The third kappa shape index (κ3) is 5.25. The van der Waals surface area contributed by atoms with Crippen LogP contribution in [0, 0.1) is 6.92 Å². The summed E-state index contributed by atoms with van der Waals surface area (Å²) in [4.78, 5) is 26.4. The van der Waals surface area contributed by atoms with E-state index in [0.717, 1.165) is 34.2 Å². The lowest BCUT2D eigenvalue weighted by atomic mass is 10.1. The second-order valence-electron chi connectivity index (χ2n) is 8.34. The monoisotopic (exact) mass is 499 g/mol. The molecule has 0 aliphatic rings. The molecule has 2 aromatic heterocycles. The van der Waals surface area contributed by atoms with Crippen LogP contribution in [0.3, 0.4) is 0 Å². The molecule has 0 spiro atoms. The lowest BCUT2D eigenvalue weighted by Gasteiger charge is -2.14. The molecular weight excluding hydrogens is 479 g/mol. The number of rotatable bonds is 5. The number of benzene rings is 3. The maximum absolute atomic E-state index is 13.0. The summed E-state index contributed by atoms with van der Waals surface area (Å²) in [6, 6.07) is 20.7. The van der Waals surface area contributed by atoms with Crippen LogP contribution in [0.4, 0.5) is 30.4 Å².